The van der Waals surface area contributed by atoms with Crippen LogP contribution in [-0.4, -0.2) is 29.9 Å². The number of nitrogens with two attached hydrogens (primary N) is 1. The Morgan fingerprint density at radius 2 is 1.83 bits per heavy atom. The number of benzene rings is 1. The van der Waals surface area contributed by atoms with Gasteiger partial charge in [0.15, 0.2) is 5.96 Å². The number of piperidine rings is 1. The Bertz CT molecular complexity index is 567. The summed E-state index contributed by atoms with van der Waals surface area (Å²) in [5, 5.41) is 7.43. The summed E-state index contributed by atoms with van der Waals surface area (Å²) in [6, 6.07) is 7.76. The molecule has 24 heavy (non-hydrogen) atoms. The van der Waals surface area contributed by atoms with Crippen LogP contribution in [-0.2, 0) is 10.2 Å². The largest absolute Gasteiger partial charge is 0.427 e. The van der Waals surface area contributed by atoms with Crippen LogP contribution in [0.2, 0.25) is 0 Å². The first-order valence-corrected chi connectivity index (χ1v) is 8.66. The third-order valence-corrected chi connectivity index (χ3v) is 4.66. The summed E-state index contributed by atoms with van der Waals surface area (Å²) >= 11 is 0. The van der Waals surface area contributed by atoms with Gasteiger partial charge in [0.1, 0.15) is 5.75 Å². The molecule has 0 saturated carbocycles. The second kappa shape index (κ2) is 7.69. The van der Waals surface area contributed by atoms with Crippen molar-refractivity contribution in [2.24, 2.45) is 11.7 Å². The van der Waals surface area contributed by atoms with Gasteiger partial charge in [0.2, 0.25) is 0 Å². The fourth-order valence-electron chi connectivity index (χ4n) is 2.99. The van der Waals surface area contributed by atoms with Gasteiger partial charge in [0.05, 0.1) is 0 Å². The maximum atomic E-state index is 12.0. The van der Waals surface area contributed by atoms with Gasteiger partial charge in [0.25, 0.3) is 0 Å². The molecule has 0 aromatic heterocycles. The van der Waals surface area contributed by atoms with Crippen molar-refractivity contribution in [3.63, 3.8) is 0 Å². The molecule has 0 unspecified atom stereocenters. The molecule has 1 aromatic carbocycles. The SMILES string of the molecule is CC(C)(C)c1ccc(OC(=O)CCC2CCN(C(=N)N)CC2)cc1. The molecule has 0 amide bonds. The second-order valence-electron chi connectivity index (χ2n) is 7.60. The number of rotatable bonds is 4. The molecule has 1 saturated heterocycles. The predicted octanol–water partition coefficient (Wildman–Crippen LogP) is 3.28. The zero-order valence-electron chi connectivity index (χ0n) is 15.0. The van der Waals surface area contributed by atoms with E-state index in [4.69, 9.17) is 15.9 Å². The summed E-state index contributed by atoms with van der Waals surface area (Å²) in [5.74, 6) is 1.09. The highest BCUT2D eigenvalue weighted by atomic mass is 16.5. The van der Waals surface area contributed by atoms with Crippen LogP contribution < -0.4 is 10.5 Å². The first-order valence-electron chi connectivity index (χ1n) is 8.66. The average molecular weight is 331 g/mol. The van der Waals surface area contributed by atoms with Crippen molar-refractivity contribution in [2.45, 2.75) is 51.9 Å². The first-order chi connectivity index (χ1) is 11.3. The second-order valence-corrected chi connectivity index (χ2v) is 7.60. The van der Waals surface area contributed by atoms with Gasteiger partial charge in [-0.15, -0.1) is 0 Å². The van der Waals surface area contributed by atoms with E-state index in [0.717, 1.165) is 32.4 Å². The Morgan fingerprint density at radius 3 is 2.33 bits per heavy atom. The molecule has 0 radical (unpaired) electrons. The van der Waals surface area contributed by atoms with Gasteiger partial charge >= 0.3 is 5.97 Å². The maximum absolute atomic E-state index is 12.0. The summed E-state index contributed by atoms with van der Waals surface area (Å²) in [6.07, 6.45) is 3.23. The number of nitrogens with zero attached hydrogens (tertiary/aromatic N) is 1. The molecule has 1 aliphatic rings. The molecule has 0 bridgehead atoms. The van der Waals surface area contributed by atoms with E-state index in [1.165, 1.54) is 5.56 Å². The van der Waals surface area contributed by atoms with Crippen LogP contribution in [0.15, 0.2) is 24.3 Å². The van der Waals surface area contributed by atoms with Gasteiger partial charge in [-0.05, 0) is 48.3 Å². The molecule has 0 atom stereocenters. The van der Waals surface area contributed by atoms with Crippen molar-refractivity contribution in [1.29, 1.82) is 5.41 Å². The number of ether oxygens (including phenoxy) is 1. The fraction of sp³-hybridized carbons (Fsp3) is 0.579. The number of hydrogen-bond acceptors (Lipinski definition) is 3. The average Bonchev–Trinajstić information content (AvgIpc) is 2.53. The highest BCUT2D eigenvalue weighted by Gasteiger charge is 2.21. The number of likely N-dealkylation sites (tertiary alicyclic amines) is 1. The van der Waals surface area contributed by atoms with Crippen LogP contribution in [0, 0.1) is 11.3 Å². The van der Waals surface area contributed by atoms with Crippen molar-refractivity contribution < 1.29 is 9.53 Å². The van der Waals surface area contributed by atoms with Gasteiger partial charge in [-0.2, -0.15) is 0 Å². The molecule has 5 nitrogen and oxygen atoms in total. The van der Waals surface area contributed by atoms with Gasteiger partial charge in [0, 0.05) is 19.5 Å². The van der Waals surface area contributed by atoms with E-state index < -0.39 is 0 Å². The van der Waals surface area contributed by atoms with E-state index in [9.17, 15) is 4.79 Å². The lowest BCUT2D eigenvalue weighted by atomic mass is 9.87. The smallest absolute Gasteiger partial charge is 0.311 e. The lowest BCUT2D eigenvalue weighted by Gasteiger charge is -2.31. The molecular formula is C19H29N3O2. The lowest BCUT2D eigenvalue weighted by Crippen LogP contribution is -2.42. The number of guanidine groups is 1. The molecule has 2 rings (SSSR count). The first kappa shape index (κ1) is 18.3. The molecule has 1 heterocycles. The summed E-state index contributed by atoms with van der Waals surface area (Å²) in [7, 11) is 0. The molecule has 132 valence electrons. The molecule has 5 heteroatoms. The van der Waals surface area contributed by atoms with E-state index in [-0.39, 0.29) is 17.3 Å². The zero-order valence-corrected chi connectivity index (χ0v) is 15.0. The predicted molar refractivity (Wildman–Crippen MR) is 96.2 cm³/mol. The van der Waals surface area contributed by atoms with Crippen molar-refractivity contribution in [3.05, 3.63) is 29.8 Å². The summed E-state index contributed by atoms with van der Waals surface area (Å²) in [6.45, 7) is 8.09. The van der Waals surface area contributed by atoms with Crippen molar-refractivity contribution in [1.82, 2.24) is 4.90 Å². The minimum Gasteiger partial charge on any atom is -0.427 e. The van der Waals surface area contributed by atoms with Crippen LogP contribution in [0.3, 0.4) is 0 Å². The summed E-state index contributed by atoms with van der Waals surface area (Å²) in [5.41, 5.74) is 6.81. The Balaban J connectivity index is 1.75. The van der Waals surface area contributed by atoms with Crippen LogP contribution in [0.5, 0.6) is 5.75 Å². The van der Waals surface area contributed by atoms with Gasteiger partial charge in [-0.25, -0.2) is 0 Å². The van der Waals surface area contributed by atoms with E-state index in [1.54, 1.807) is 0 Å². The maximum Gasteiger partial charge on any atom is 0.311 e. The normalized spacial score (nSPS) is 16.0. The Kier molecular flexibility index (Phi) is 5.86. The molecule has 1 fully saturated rings. The van der Waals surface area contributed by atoms with Crippen LogP contribution >= 0.6 is 0 Å². The van der Waals surface area contributed by atoms with Gasteiger partial charge in [-0.3, -0.25) is 10.2 Å². The standard InChI is InChI=1S/C19H29N3O2/c1-19(2,3)15-5-7-16(8-6-15)24-17(23)9-4-14-10-12-22(13-11-14)18(20)21/h5-8,14H,4,9-13H2,1-3H3,(H3,20,21). The van der Waals surface area contributed by atoms with Gasteiger partial charge < -0.3 is 15.4 Å². The fourth-order valence-corrected chi connectivity index (χ4v) is 2.99. The zero-order chi connectivity index (χ0) is 17.7. The molecular weight excluding hydrogens is 302 g/mol. The highest BCUT2D eigenvalue weighted by molar-refractivity contribution is 5.74. The number of hydrogen-bond donors (Lipinski definition) is 2. The molecule has 0 spiro atoms. The monoisotopic (exact) mass is 331 g/mol. The minimum absolute atomic E-state index is 0.0945. The van der Waals surface area contributed by atoms with E-state index >= 15 is 0 Å². The Hall–Kier alpha value is -2.04. The Morgan fingerprint density at radius 1 is 1.25 bits per heavy atom. The van der Waals surface area contributed by atoms with Crippen LogP contribution in [0.25, 0.3) is 0 Å². The van der Waals surface area contributed by atoms with Crippen molar-refractivity contribution >= 4 is 11.9 Å². The molecule has 1 aliphatic heterocycles. The summed E-state index contributed by atoms with van der Waals surface area (Å²) < 4.78 is 5.43. The third kappa shape index (κ3) is 5.25. The Labute approximate surface area is 144 Å². The number of esters is 1. The third-order valence-electron chi connectivity index (χ3n) is 4.66. The molecule has 1 aromatic rings. The van der Waals surface area contributed by atoms with E-state index in [0.29, 0.717) is 18.1 Å². The number of carbonyl (C=O) groups excluding carboxylic acids is 1. The number of carbonyl (C=O) groups is 1. The van der Waals surface area contributed by atoms with Crippen molar-refractivity contribution in [2.75, 3.05) is 13.1 Å². The lowest BCUT2D eigenvalue weighted by molar-refractivity contribution is -0.134. The van der Waals surface area contributed by atoms with Crippen molar-refractivity contribution in [3.8, 4) is 5.75 Å². The topological polar surface area (TPSA) is 79.4 Å². The number of nitrogens with one attached hydrogen (secondary N) is 1. The van der Waals surface area contributed by atoms with Gasteiger partial charge in [-0.1, -0.05) is 32.9 Å². The van der Waals surface area contributed by atoms with E-state index in [1.807, 2.05) is 29.2 Å². The van der Waals surface area contributed by atoms with Crippen LogP contribution in [0.4, 0.5) is 0 Å². The van der Waals surface area contributed by atoms with E-state index in [2.05, 4.69) is 20.8 Å². The highest BCUT2D eigenvalue weighted by Crippen LogP contribution is 2.25. The van der Waals surface area contributed by atoms with Crippen LogP contribution in [0.1, 0.15) is 52.0 Å². The summed E-state index contributed by atoms with van der Waals surface area (Å²) in [4.78, 5) is 13.9. The molecule has 0 aliphatic carbocycles. The quantitative estimate of drug-likeness (QED) is 0.384. The minimum atomic E-state index is -0.174. The molecule has 3 N–H and O–H groups in total.